The third kappa shape index (κ3) is 4.89. The van der Waals surface area contributed by atoms with E-state index in [2.05, 4.69) is 20.3 Å². The summed E-state index contributed by atoms with van der Waals surface area (Å²) >= 11 is 0. The van der Waals surface area contributed by atoms with Gasteiger partial charge >= 0.3 is 0 Å². The summed E-state index contributed by atoms with van der Waals surface area (Å²) in [6, 6.07) is 6.82. The molecule has 0 saturated carbocycles. The second kappa shape index (κ2) is 10.2. The molecule has 2 N–H and O–H groups in total. The number of aryl methyl sites for hydroxylation is 1. The van der Waals surface area contributed by atoms with Crippen molar-refractivity contribution in [2.45, 2.75) is 38.8 Å². The van der Waals surface area contributed by atoms with Crippen molar-refractivity contribution in [1.82, 2.24) is 15.0 Å². The number of carbonyl (C=O) groups is 2. The first-order valence-corrected chi connectivity index (χ1v) is 12.6. The maximum Gasteiger partial charge on any atom is 0.255 e. The Bertz CT molecular complexity index is 1390. The number of β-amino-alcohol motifs (C(OH)–C–C–N with tert-alkyl or cyclic N) is 1. The molecule has 0 radical (unpaired) electrons. The molecular formula is C28H30FN5O4. The van der Waals surface area contributed by atoms with Gasteiger partial charge in [-0.25, -0.2) is 9.37 Å². The number of aromatic nitrogens is 3. The maximum atomic E-state index is 14.3. The fourth-order valence-electron chi connectivity index (χ4n) is 5.09. The lowest BCUT2D eigenvalue weighted by atomic mass is 9.78. The molecule has 0 aliphatic carbocycles. The normalized spacial score (nSPS) is 19.1. The van der Waals surface area contributed by atoms with Gasteiger partial charge in [0.15, 0.2) is 0 Å². The molecule has 10 heteroatoms. The van der Waals surface area contributed by atoms with Crippen molar-refractivity contribution in [2.24, 2.45) is 5.92 Å². The van der Waals surface area contributed by atoms with E-state index < -0.39 is 11.6 Å². The van der Waals surface area contributed by atoms with Gasteiger partial charge in [0.2, 0.25) is 5.91 Å². The molecule has 38 heavy (non-hydrogen) atoms. The van der Waals surface area contributed by atoms with Crippen LogP contribution in [0.25, 0.3) is 11.1 Å². The number of hydrogen-bond donors (Lipinski definition) is 2. The van der Waals surface area contributed by atoms with Crippen LogP contribution in [-0.2, 0) is 15.2 Å². The number of fused-ring (bicyclic) bond motifs is 3. The molecule has 5 heterocycles. The highest BCUT2D eigenvalue weighted by Crippen LogP contribution is 2.43. The largest absolute Gasteiger partial charge is 0.395 e. The Kier molecular flexibility index (Phi) is 6.93. The number of nitrogens with one attached hydrogen (secondary N) is 1. The topological polar surface area (TPSA) is 118 Å². The SMILES string of the molecule is Cc1ncc(NC(=O)c2ccnc(C(C)(C)F)c2)cc1-c1cnc2c(c1)[C@@H]1CCOC[C@H]1C(=O)N2CCO. The Hall–Kier alpha value is -3.76. The molecule has 0 unspecified atom stereocenters. The van der Waals surface area contributed by atoms with Crippen molar-refractivity contribution in [3.63, 3.8) is 0 Å². The number of aliphatic hydroxyl groups excluding tert-OH is 1. The summed E-state index contributed by atoms with van der Waals surface area (Å²) in [5.74, 6) is -0.249. The van der Waals surface area contributed by atoms with Crippen LogP contribution in [0, 0.1) is 12.8 Å². The van der Waals surface area contributed by atoms with Crippen LogP contribution in [0.15, 0.2) is 42.9 Å². The first kappa shape index (κ1) is 25.9. The minimum absolute atomic E-state index is 0.0227. The molecule has 2 amide bonds. The summed E-state index contributed by atoms with van der Waals surface area (Å²) < 4.78 is 19.9. The maximum absolute atomic E-state index is 14.3. The summed E-state index contributed by atoms with van der Waals surface area (Å²) in [6.45, 7) is 5.56. The van der Waals surface area contributed by atoms with E-state index in [1.54, 1.807) is 17.3 Å². The van der Waals surface area contributed by atoms with Gasteiger partial charge in [0, 0.05) is 47.3 Å². The molecule has 9 nitrogen and oxygen atoms in total. The Balaban J connectivity index is 1.47. The smallest absolute Gasteiger partial charge is 0.255 e. The van der Waals surface area contributed by atoms with Crippen molar-refractivity contribution < 1.29 is 23.8 Å². The molecule has 2 aliphatic heterocycles. The molecule has 2 aliphatic rings. The highest BCUT2D eigenvalue weighted by molar-refractivity contribution is 6.04. The molecule has 3 aromatic heterocycles. The number of ether oxygens (including phenoxy) is 1. The Morgan fingerprint density at radius 3 is 2.79 bits per heavy atom. The highest BCUT2D eigenvalue weighted by atomic mass is 19.1. The van der Waals surface area contributed by atoms with E-state index in [4.69, 9.17) is 4.74 Å². The highest BCUT2D eigenvalue weighted by Gasteiger charge is 2.42. The predicted octanol–water partition coefficient (Wildman–Crippen LogP) is 3.76. The number of rotatable bonds is 6. The van der Waals surface area contributed by atoms with Crippen LogP contribution in [0.4, 0.5) is 15.9 Å². The van der Waals surface area contributed by atoms with Gasteiger partial charge in [-0.15, -0.1) is 0 Å². The van der Waals surface area contributed by atoms with Gasteiger partial charge in [-0.2, -0.15) is 0 Å². The Morgan fingerprint density at radius 1 is 1.21 bits per heavy atom. The van der Waals surface area contributed by atoms with E-state index in [0.717, 1.165) is 22.4 Å². The molecule has 0 aromatic carbocycles. The van der Waals surface area contributed by atoms with Crippen LogP contribution in [-0.4, -0.2) is 58.2 Å². The zero-order valence-corrected chi connectivity index (χ0v) is 21.6. The monoisotopic (exact) mass is 519 g/mol. The number of carbonyl (C=O) groups excluding carboxylic acids is 2. The van der Waals surface area contributed by atoms with Crippen molar-refractivity contribution >= 4 is 23.3 Å². The minimum atomic E-state index is -1.67. The van der Waals surface area contributed by atoms with Gasteiger partial charge in [0.25, 0.3) is 5.91 Å². The number of anilines is 2. The van der Waals surface area contributed by atoms with Crippen molar-refractivity contribution in [2.75, 3.05) is 36.6 Å². The Morgan fingerprint density at radius 2 is 2.03 bits per heavy atom. The fourth-order valence-corrected chi connectivity index (χ4v) is 5.09. The van der Waals surface area contributed by atoms with E-state index in [-0.39, 0.29) is 42.2 Å². The molecular weight excluding hydrogens is 489 g/mol. The van der Waals surface area contributed by atoms with Crippen LogP contribution in [0.2, 0.25) is 0 Å². The van der Waals surface area contributed by atoms with E-state index in [9.17, 15) is 19.1 Å². The minimum Gasteiger partial charge on any atom is -0.395 e. The van der Waals surface area contributed by atoms with E-state index in [0.29, 0.717) is 31.1 Å². The summed E-state index contributed by atoms with van der Waals surface area (Å²) in [4.78, 5) is 40.7. The van der Waals surface area contributed by atoms with Crippen molar-refractivity contribution in [1.29, 1.82) is 0 Å². The lowest BCUT2D eigenvalue weighted by Gasteiger charge is -2.40. The first-order valence-electron chi connectivity index (χ1n) is 12.6. The number of hydrogen-bond acceptors (Lipinski definition) is 7. The van der Waals surface area contributed by atoms with Gasteiger partial charge in [-0.3, -0.25) is 24.5 Å². The van der Waals surface area contributed by atoms with E-state index in [1.165, 1.54) is 32.2 Å². The first-order chi connectivity index (χ1) is 18.2. The molecule has 5 rings (SSSR count). The van der Waals surface area contributed by atoms with Crippen LogP contribution in [0.3, 0.4) is 0 Å². The summed E-state index contributed by atoms with van der Waals surface area (Å²) in [5.41, 5.74) is 2.55. The lowest BCUT2D eigenvalue weighted by molar-refractivity contribution is -0.128. The predicted molar refractivity (Wildman–Crippen MR) is 140 cm³/mol. The van der Waals surface area contributed by atoms with Gasteiger partial charge in [0.05, 0.1) is 43.3 Å². The van der Waals surface area contributed by atoms with Gasteiger partial charge in [-0.1, -0.05) is 0 Å². The molecule has 3 aromatic rings. The number of pyridine rings is 3. The van der Waals surface area contributed by atoms with E-state index >= 15 is 0 Å². The molecule has 1 saturated heterocycles. The standard InChI is InChI=1S/C28H30FN5O4/c1-16-21(12-19(14-31-16)33-26(36)17-4-6-30-24(11-17)28(2,3)29)18-10-22-20-5-9-38-15-23(20)27(37)34(7-8-35)25(22)32-13-18/h4,6,10-14,20,23,35H,5,7-9,15H2,1-3H3,(H,33,36)/t20-,23+/m0/s1. The average Bonchev–Trinajstić information content (AvgIpc) is 2.91. The number of nitrogens with zero attached hydrogens (tertiary/aromatic N) is 4. The number of halogens is 1. The summed E-state index contributed by atoms with van der Waals surface area (Å²) in [6.07, 6.45) is 5.38. The molecule has 0 bridgehead atoms. The van der Waals surface area contributed by atoms with Crippen molar-refractivity contribution in [3.8, 4) is 11.1 Å². The zero-order valence-electron chi connectivity index (χ0n) is 21.6. The van der Waals surface area contributed by atoms with Crippen LogP contribution >= 0.6 is 0 Å². The third-order valence-corrected chi connectivity index (χ3v) is 7.10. The third-order valence-electron chi connectivity index (χ3n) is 7.10. The molecule has 198 valence electrons. The molecule has 2 atom stereocenters. The van der Waals surface area contributed by atoms with Crippen LogP contribution < -0.4 is 10.2 Å². The van der Waals surface area contributed by atoms with Crippen molar-refractivity contribution in [3.05, 3.63) is 65.4 Å². The molecule has 1 fully saturated rings. The quantitative estimate of drug-likeness (QED) is 0.509. The number of alkyl halides is 1. The second-order valence-corrected chi connectivity index (χ2v) is 10.1. The summed E-state index contributed by atoms with van der Waals surface area (Å²) in [7, 11) is 0. The zero-order chi connectivity index (χ0) is 27.0. The van der Waals surface area contributed by atoms with Gasteiger partial charge < -0.3 is 15.2 Å². The second-order valence-electron chi connectivity index (χ2n) is 10.1. The summed E-state index contributed by atoms with van der Waals surface area (Å²) in [5, 5.41) is 12.4. The van der Waals surface area contributed by atoms with Gasteiger partial charge in [0.1, 0.15) is 11.5 Å². The van der Waals surface area contributed by atoms with Crippen LogP contribution in [0.5, 0.6) is 0 Å². The van der Waals surface area contributed by atoms with E-state index in [1.807, 2.05) is 19.1 Å². The average molecular weight is 520 g/mol. The number of aliphatic hydroxyl groups is 1. The van der Waals surface area contributed by atoms with Gasteiger partial charge in [-0.05, 0) is 57.0 Å². The number of amides is 2. The lowest BCUT2D eigenvalue weighted by Crippen LogP contribution is -2.48. The fraction of sp³-hybridized carbons (Fsp3) is 0.393. The van der Waals surface area contributed by atoms with Crippen LogP contribution in [0.1, 0.15) is 53.5 Å². The molecule has 0 spiro atoms. The Labute approximate surface area is 220 Å².